The van der Waals surface area contributed by atoms with Gasteiger partial charge in [0.05, 0.1) is 6.04 Å². The summed E-state index contributed by atoms with van der Waals surface area (Å²) in [5.41, 5.74) is 13.6. The van der Waals surface area contributed by atoms with E-state index in [1.165, 1.54) is 50.0 Å². The van der Waals surface area contributed by atoms with Crippen molar-refractivity contribution in [2.75, 3.05) is 9.80 Å². The Hall–Kier alpha value is -7.10. The molecule has 0 saturated carbocycles. The van der Waals surface area contributed by atoms with Crippen molar-refractivity contribution in [1.29, 1.82) is 0 Å². The Morgan fingerprint density at radius 3 is 1.87 bits per heavy atom. The molecule has 3 heteroatoms. The fraction of sp³-hybridized carbons (Fsp3) is 0.0385. The molecule has 2 aliphatic rings. The summed E-state index contributed by atoms with van der Waals surface area (Å²) >= 11 is 0. The van der Waals surface area contributed by atoms with Crippen molar-refractivity contribution in [2.45, 2.75) is 12.0 Å². The largest absolute Gasteiger partial charge is 0.456 e. The van der Waals surface area contributed by atoms with Crippen LogP contribution in [0.15, 0.2) is 211 Å². The van der Waals surface area contributed by atoms with Crippen LogP contribution in [0.3, 0.4) is 0 Å². The van der Waals surface area contributed by atoms with E-state index < -0.39 is 0 Å². The van der Waals surface area contributed by atoms with Crippen LogP contribution in [-0.4, -0.2) is 6.04 Å². The molecular formula is C52H36N2O. The minimum Gasteiger partial charge on any atom is -0.456 e. The molecule has 2 atom stereocenters. The Labute approximate surface area is 320 Å². The van der Waals surface area contributed by atoms with E-state index >= 15 is 0 Å². The number of nitrogens with zero attached hydrogens (tertiary/aromatic N) is 2. The molecule has 0 radical (unpaired) electrons. The summed E-state index contributed by atoms with van der Waals surface area (Å²) in [6, 6.07) is 65.8. The van der Waals surface area contributed by atoms with E-state index in [9.17, 15) is 0 Å². The summed E-state index contributed by atoms with van der Waals surface area (Å²) in [5, 5.41) is 4.74. The zero-order valence-electron chi connectivity index (χ0n) is 30.1. The minimum absolute atomic E-state index is 0.239. The first kappa shape index (κ1) is 31.4. The molecule has 0 spiro atoms. The Morgan fingerprint density at radius 1 is 0.436 bits per heavy atom. The van der Waals surface area contributed by atoms with Crippen LogP contribution in [0, 0.1) is 0 Å². The van der Waals surface area contributed by atoms with Gasteiger partial charge in [-0.3, -0.25) is 0 Å². The molecule has 2 unspecified atom stereocenters. The number of furan rings is 1. The second kappa shape index (κ2) is 12.8. The molecule has 1 aliphatic carbocycles. The summed E-state index contributed by atoms with van der Waals surface area (Å²) in [7, 11) is 0. The van der Waals surface area contributed by atoms with Crippen LogP contribution in [0.5, 0.6) is 0 Å². The van der Waals surface area contributed by atoms with Crippen molar-refractivity contribution in [3.63, 3.8) is 0 Å². The van der Waals surface area contributed by atoms with Crippen molar-refractivity contribution in [3.8, 4) is 22.3 Å². The molecule has 1 aromatic heterocycles. The smallest absolute Gasteiger partial charge is 0.137 e. The van der Waals surface area contributed by atoms with Crippen LogP contribution in [0.2, 0.25) is 0 Å². The van der Waals surface area contributed by atoms with Gasteiger partial charge in [0.1, 0.15) is 11.2 Å². The van der Waals surface area contributed by atoms with Crippen LogP contribution in [0.25, 0.3) is 55.0 Å². The second-order valence-electron chi connectivity index (χ2n) is 14.5. The fourth-order valence-corrected chi connectivity index (χ4v) is 8.86. The number of para-hydroxylation sites is 3. The van der Waals surface area contributed by atoms with Gasteiger partial charge in [0.15, 0.2) is 0 Å². The predicted molar refractivity (Wildman–Crippen MR) is 230 cm³/mol. The first-order chi connectivity index (χ1) is 27.3. The summed E-state index contributed by atoms with van der Waals surface area (Å²) in [6.45, 7) is 0. The fourth-order valence-electron chi connectivity index (χ4n) is 8.86. The third kappa shape index (κ3) is 5.20. The van der Waals surface area contributed by atoms with Crippen LogP contribution < -0.4 is 9.80 Å². The van der Waals surface area contributed by atoms with E-state index in [1.54, 1.807) is 0 Å². The average Bonchev–Trinajstić information content (AvgIpc) is 3.80. The van der Waals surface area contributed by atoms with Crippen molar-refractivity contribution in [2.24, 2.45) is 0 Å². The predicted octanol–water partition coefficient (Wildman–Crippen LogP) is 14.3. The van der Waals surface area contributed by atoms with Gasteiger partial charge in [-0.1, -0.05) is 146 Å². The van der Waals surface area contributed by atoms with E-state index in [1.807, 2.05) is 12.1 Å². The van der Waals surface area contributed by atoms with Gasteiger partial charge in [0.25, 0.3) is 0 Å². The van der Waals surface area contributed by atoms with Crippen LogP contribution in [0.1, 0.15) is 11.5 Å². The monoisotopic (exact) mass is 704 g/mol. The van der Waals surface area contributed by atoms with E-state index in [4.69, 9.17) is 4.42 Å². The molecule has 0 bridgehead atoms. The molecule has 0 fully saturated rings. The minimum atomic E-state index is 0.239. The Bertz CT molecular complexity index is 2950. The zero-order chi connectivity index (χ0) is 36.3. The number of fused-ring (bicyclic) bond motifs is 7. The van der Waals surface area contributed by atoms with E-state index in [0.717, 1.165) is 39.0 Å². The van der Waals surface area contributed by atoms with Gasteiger partial charge in [-0.2, -0.15) is 0 Å². The number of allylic oxidation sites excluding steroid dienone is 2. The standard InChI is InChI=1S/C52H36N2O/c1-2-14-41-35(12-1)13-11-19-42(41)36-24-28-38(29-25-36)53(40-32-33-47-46-18-6-10-23-51(46)55-52(47)34-40)39-30-26-37(27-31-39)43-15-3-7-20-48(43)54-49-21-8-4-16-44(49)45-17-5-9-22-50(45)54/h1-34,44,49H. The maximum absolute atomic E-state index is 6.39. The molecule has 9 aromatic rings. The molecule has 0 N–H and O–H groups in total. The number of hydrogen-bond donors (Lipinski definition) is 0. The highest BCUT2D eigenvalue weighted by Crippen LogP contribution is 2.50. The van der Waals surface area contributed by atoms with Crippen LogP contribution in [-0.2, 0) is 0 Å². The lowest BCUT2D eigenvalue weighted by atomic mass is 9.91. The summed E-state index contributed by atoms with van der Waals surface area (Å²) < 4.78 is 6.39. The number of rotatable bonds is 6. The van der Waals surface area contributed by atoms with Crippen LogP contribution >= 0.6 is 0 Å². The zero-order valence-corrected chi connectivity index (χ0v) is 30.1. The molecule has 2 heterocycles. The highest BCUT2D eigenvalue weighted by atomic mass is 16.3. The SMILES string of the molecule is C1=CC2c3ccccc3N(c3ccccc3-c3ccc(N(c4ccc(-c5cccc6ccccc56)cc4)c4ccc5c(c4)oc4ccccc45)cc3)C2C=C1. The highest BCUT2D eigenvalue weighted by molar-refractivity contribution is 6.06. The molecule has 55 heavy (non-hydrogen) atoms. The second-order valence-corrected chi connectivity index (χ2v) is 14.5. The van der Waals surface area contributed by atoms with Gasteiger partial charge in [-0.25, -0.2) is 0 Å². The normalized spacial score (nSPS) is 15.8. The topological polar surface area (TPSA) is 19.6 Å². The van der Waals surface area contributed by atoms with Gasteiger partial charge in [0.2, 0.25) is 0 Å². The summed E-state index contributed by atoms with van der Waals surface area (Å²) in [4.78, 5) is 4.85. The Balaban J connectivity index is 1.01. The molecule has 11 rings (SSSR count). The van der Waals surface area contributed by atoms with Gasteiger partial charge in [0, 0.05) is 56.8 Å². The van der Waals surface area contributed by atoms with Crippen molar-refractivity contribution < 1.29 is 4.42 Å². The quantitative estimate of drug-likeness (QED) is 0.172. The molecule has 0 saturated heterocycles. The third-order valence-electron chi connectivity index (χ3n) is 11.4. The maximum atomic E-state index is 6.39. The van der Waals surface area contributed by atoms with E-state index in [2.05, 4.69) is 204 Å². The lowest BCUT2D eigenvalue weighted by Gasteiger charge is -2.30. The van der Waals surface area contributed by atoms with Crippen molar-refractivity contribution >= 4 is 61.1 Å². The molecule has 3 nitrogen and oxygen atoms in total. The maximum Gasteiger partial charge on any atom is 0.137 e. The molecule has 8 aromatic carbocycles. The highest BCUT2D eigenvalue weighted by Gasteiger charge is 2.37. The first-order valence-electron chi connectivity index (χ1n) is 19.0. The molecule has 1 aliphatic heterocycles. The van der Waals surface area contributed by atoms with Crippen molar-refractivity contribution in [3.05, 3.63) is 212 Å². The Morgan fingerprint density at radius 2 is 1.04 bits per heavy atom. The molecular weight excluding hydrogens is 669 g/mol. The van der Waals surface area contributed by atoms with Gasteiger partial charge >= 0.3 is 0 Å². The van der Waals surface area contributed by atoms with Crippen LogP contribution in [0.4, 0.5) is 28.4 Å². The summed E-state index contributed by atoms with van der Waals surface area (Å²) in [6.07, 6.45) is 9.05. The van der Waals surface area contributed by atoms with E-state index in [0.29, 0.717) is 5.92 Å². The van der Waals surface area contributed by atoms with Crippen molar-refractivity contribution in [1.82, 2.24) is 0 Å². The van der Waals surface area contributed by atoms with Gasteiger partial charge in [-0.05, 0) is 87.6 Å². The number of benzene rings is 8. The summed E-state index contributed by atoms with van der Waals surface area (Å²) in [5.74, 6) is 0.335. The lowest BCUT2D eigenvalue weighted by molar-refractivity contribution is 0.669. The Kier molecular flexibility index (Phi) is 7.31. The van der Waals surface area contributed by atoms with Gasteiger partial charge < -0.3 is 14.2 Å². The molecule has 260 valence electrons. The first-order valence-corrected chi connectivity index (χ1v) is 19.0. The molecule has 0 amide bonds. The average molecular weight is 705 g/mol. The van der Waals surface area contributed by atoms with E-state index in [-0.39, 0.29) is 6.04 Å². The third-order valence-corrected chi connectivity index (χ3v) is 11.4. The number of anilines is 5. The van der Waals surface area contributed by atoms with Gasteiger partial charge in [-0.15, -0.1) is 0 Å². The lowest BCUT2D eigenvalue weighted by Crippen LogP contribution is -2.28. The number of hydrogen-bond acceptors (Lipinski definition) is 3.